The lowest BCUT2D eigenvalue weighted by Gasteiger charge is -2.43. The second-order valence-corrected chi connectivity index (χ2v) is 6.07. The van der Waals surface area contributed by atoms with Crippen LogP contribution < -0.4 is 11.1 Å². The van der Waals surface area contributed by atoms with Crippen LogP contribution in [0.5, 0.6) is 0 Å². The van der Waals surface area contributed by atoms with Crippen LogP contribution in [0, 0.1) is 17.2 Å². The third-order valence-electron chi connectivity index (χ3n) is 3.61. The average molecular weight is 344 g/mol. The highest BCUT2D eigenvalue weighted by molar-refractivity contribution is 9.10. The van der Waals surface area contributed by atoms with E-state index < -0.39 is 17.1 Å². The predicted molar refractivity (Wildman–Crippen MR) is 77.0 cm³/mol. The molecule has 0 atom stereocenters. The molecule has 0 spiro atoms. The number of carbonyl (C=O) groups is 1. The molecular weight excluding hydrogens is 329 g/mol. The summed E-state index contributed by atoms with van der Waals surface area (Å²) in [5, 5.41) is 14.3. The fourth-order valence-electron chi connectivity index (χ4n) is 2.57. The van der Waals surface area contributed by atoms with Gasteiger partial charge in [-0.3, -0.25) is 4.79 Å². The highest BCUT2D eigenvalue weighted by Crippen LogP contribution is 2.46. The highest BCUT2D eigenvalue weighted by Gasteiger charge is 2.52. The van der Waals surface area contributed by atoms with E-state index in [9.17, 15) is 9.18 Å². The van der Waals surface area contributed by atoms with E-state index in [2.05, 4.69) is 26.4 Å². The largest absolute Gasteiger partial charge is 0.409 e. The Morgan fingerprint density at radius 3 is 2.75 bits per heavy atom. The summed E-state index contributed by atoms with van der Waals surface area (Å²) in [4.78, 5) is 12.3. The van der Waals surface area contributed by atoms with Gasteiger partial charge in [0.15, 0.2) is 5.84 Å². The molecule has 1 aromatic rings. The van der Waals surface area contributed by atoms with Crippen LogP contribution in [0.4, 0.5) is 10.1 Å². The molecular formula is C13H15BrFN3O2. The summed E-state index contributed by atoms with van der Waals surface area (Å²) in [6, 6.07) is 4.34. The van der Waals surface area contributed by atoms with Gasteiger partial charge in [-0.2, -0.15) is 0 Å². The van der Waals surface area contributed by atoms with E-state index in [-0.39, 0.29) is 11.5 Å². The molecule has 1 fully saturated rings. The van der Waals surface area contributed by atoms with Gasteiger partial charge in [-0.1, -0.05) is 28.0 Å². The normalized spacial score (nSPS) is 25.9. The molecule has 1 amide bonds. The molecule has 1 aromatic carbocycles. The lowest BCUT2D eigenvalue weighted by Crippen LogP contribution is -2.54. The minimum Gasteiger partial charge on any atom is -0.409 e. The molecule has 0 unspecified atom stereocenters. The molecule has 0 radical (unpaired) electrons. The number of anilines is 1. The minimum absolute atomic E-state index is 0.0721. The molecule has 2 rings (SSSR count). The van der Waals surface area contributed by atoms with Crippen LogP contribution in [-0.4, -0.2) is 17.0 Å². The van der Waals surface area contributed by atoms with Crippen molar-refractivity contribution in [3.8, 4) is 0 Å². The van der Waals surface area contributed by atoms with Crippen LogP contribution in [0.25, 0.3) is 0 Å². The molecule has 0 heterocycles. The van der Waals surface area contributed by atoms with Gasteiger partial charge in [-0.05, 0) is 37.0 Å². The molecule has 0 aromatic heterocycles. The summed E-state index contributed by atoms with van der Waals surface area (Å²) in [5.41, 5.74) is 4.65. The van der Waals surface area contributed by atoms with E-state index in [0.29, 0.717) is 23.2 Å². The SMILES string of the molecule is CC1CC(C(=O)Nc2ccc(Br)cc2F)(/C(N)=N/O)C1. The fraction of sp³-hybridized carbons (Fsp3) is 0.385. The van der Waals surface area contributed by atoms with Crippen molar-refractivity contribution in [1.29, 1.82) is 0 Å². The second-order valence-electron chi connectivity index (χ2n) is 5.16. The quantitative estimate of drug-likeness (QED) is 0.341. The van der Waals surface area contributed by atoms with Crippen molar-refractivity contribution in [3.05, 3.63) is 28.5 Å². The molecule has 1 aliphatic rings. The Morgan fingerprint density at radius 2 is 2.25 bits per heavy atom. The van der Waals surface area contributed by atoms with Crippen molar-refractivity contribution in [2.24, 2.45) is 22.2 Å². The summed E-state index contributed by atoms with van der Waals surface area (Å²) in [7, 11) is 0. The van der Waals surface area contributed by atoms with E-state index in [1.54, 1.807) is 6.07 Å². The van der Waals surface area contributed by atoms with Crippen LogP contribution in [-0.2, 0) is 4.79 Å². The summed E-state index contributed by atoms with van der Waals surface area (Å²) < 4.78 is 14.3. The zero-order valence-corrected chi connectivity index (χ0v) is 12.4. The molecule has 5 nitrogen and oxygen atoms in total. The fourth-order valence-corrected chi connectivity index (χ4v) is 2.90. The molecule has 7 heteroatoms. The minimum atomic E-state index is -1.05. The van der Waals surface area contributed by atoms with Gasteiger partial charge in [0, 0.05) is 4.47 Å². The van der Waals surface area contributed by atoms with Crippen LogP contribution in [0.2, 0.25) is 0 Å². The number of halogens is 2. The zero-order chi connectivity index (χ0) is 14.9. The number of carbonyl (C=O) groups excluding carboxylic acids is 1. The average Bonchev–Trinajstić information content (AvgIpc) is 2.37. The third kappa shape index (κ3) is 2.49. The van der Waals surface area contributed by atoms with Crippen LogP contribution in [0.3, 0.4) is 0 Å². The highest BCUT2D eigenvalue weighted by atomic mass is 79.9. The summed E-state index contributed by atoms with van der Waals surface area (Å²) in [6.45, 7) is 1.97. The standard InChI is InChI=1S/C13H15BrFN3O2/c1-7-5-13(6-7,11(16)18-20)12(19)17-10-3-2-8(14)4-9(10)15/h2-4,7,20H,5-6H2,1H3,(H2,16,18)(H,17,19). The maximum Gasteiger partial charge on any atom is 0.238 e. The number of nitrogens with one attached hydrogen (secondary N) is 1. The summed E-state index contributed by atoms with van der Waals surface area (Å²) in [6.07, 6.45) is 0.958. The number of nitrogens with zero attached hydrogens (tertiary/aromatic N) is 1. The van der Waals surface area contributed by atoms with Crippen molar-refractivity contribution in [2.75, 3.05) is 5.32 Å². The molecule has 4 N–H and O–H groups in total. The van der Waals surface area contributed by atoms with Crippen LogP contribution in [0.1, 0.15) is 19.8 Å². The Labute approximate surface area is 124 Å². The van der Waals surface area contributed by atoms with Gasteiger partial charge < -0.3 is 16.3 Å². The van der Waals surface area contributed by atoms with Crippen molar-refractivity contribution in [1.82, 2.24) is 0 Å². The Kier molecular flexibility index (Phi) is 3.99. The van der Waals surface area contributed by atoms with Crippen molar-refractivity contribution in [2.45, 2.75) is 19.8 Å². The number of rotatable bonds is 3. The lowest BCUT2D eigenvalue weighted by molar-refractivity contribution is -0.127. The molecule has 20 heavy (non-hydrogen) atoms. The number of hydrogen-bond donors (Lipinski definition) is 3. The predicted octanol–water partition coefficient (Wildman–Crippen LogP) is 2.69. The topological polar surface area (TPSA) is 87.7 Å². The number of amidine groups is 1. The van der Waals surface area contributed by atoms with Gasteiger partial charge >= 0.3 is 0 Å². The van der Waals surface area contributed by atoms with E-state index >= 15 is 0 Å². The number of amides is 1. The number of nitrogens with two attached hydrogens (primary N) is 1. The van der Waals surface area contributed by atoms with Crippen molar-refractivity contribution in [3.63, 3.8) is 0 Å². The Balaban J connectivity index is 2.22. The van der Waals surface area contributed by atoms with Gasteiger partial charge in [0.25, 0.3) is 0 Å². The number of oxime groups is 1. The molecule has 1 saturated carbocycles. The van der Waals surface area contributed by atoms with Gasteiger partial charge in [-0.15, -0.1) is 0 Å². The second kappa shape index (κ2) is 5.40. The Morgan fingerprint density at radius 1 is 1.60 bits per heavy atom. The Bertz CT molecular complexity index is 571. The van der Waals surface area contributed by atoms with Crippen molar-refractivity contribution >= 4 is 33.4 Å². The summed E-state index contributed by atoms with van der Waals surface area (Å²) in [5.74, 6) is -0.830. The molecule has 108 valence electrons. The maximum absolute atomic E-state index is 13.7. The smallest absolute Gasteiger partial charge is 0.238 e. The third-order valence-corrected chi connectivity index (χ3v) is 4.10. The first-order chi connectivity index (χ1) is 9.39. The first-order valence-corrected chi connectivity index (χ1v) is 6.93. The van der Waals surface area contributed by atoms with E-state index in [1.165, 1.54) is 12.1 Å². The van der Waals surface area contributed by atoms with Gasteiger partial charge in [0.1, 0.15) is 11.2 Å². The number of benzene rings is 1. The van der Waals surface area contributed by atoms with Crippen LogP contribution >= 0.6 is 15.9 Å². The summed E-state index contributed by atoms with van der Waals surface area (Å²) >= 11 is 3.14. The molecule has 0 saturated heterocycles. The van der Waals surface area contributed by atoms with Gasteiger partial charge in [0.05, 0.1) is 5.69 Å². The zero-order valence-electron chi connectivity index (χ0n) is 10.9. The van der Waals surface area contributed by atoms with Crippen LogP contribution in [0.15, 0.2) is 27.8 Å². The van der Waals surface area contributed by atoms with Crippen molar-refractivity contribution < 1.29 is 14.4 Å². The molecule has 0 aliphatic heterocycles. The first-order valence-electron chi connectivity index (χ1n) is 6.13. The van der Waals surface area contributed by atoms with E-state index in [1.807, 2.05) is 6.92 Å². The maximum atomic E-state index is 13.7. The number of hydrogen-bond acceptors (Lipinski definition) is 3. The van der Waals surface area contributed by atoms with E-state index in [0.717, 1.165) is 0 Å². The van der Waals surface area contributed by atoms with Gasteiger partial charge in [0.2, 0.25) is 5.91 Å². The Hall–Kier alpha value is -1.63. The van der Waals surface area contributed by atoms with Gasteiger partial charge in [-0.25, -0.2) is 4.39 Å². The van der Waals surface area contributed by atoms with E-state index in [4.69, 9.17) is 10.9 Å². The first kappa shape index (κ1) is 14.8. The molecule has 1 aliphatic carbocycles. The monoisotopic (exact) mass is 343 g/mol. The lowest BCUT2D eigenvalue weighted by atomic mass is 9.61. The molecule has 0 bridgehead atoms.